The van der Waals surface area contributed by atoms with Gasteiger partial charge in [-0.2, -0.15) is 0 Å². The second kappa shape index (κ2) is 4.26. The van der Waals surface area contributed by atoms with Crippen molar-refractivity contribution in [3.8, 4) is 5.75 Å². The fourth-order valence-electron chi connectivity index (χ4n) is 0.857. The normalized spacial score (nSPS) is 10.0. The van der Waals surface area contributed by atoms with E-state index in [-0.39, 0.29) is 0 Å². The van der Waals surface area contributed by atoms with Gasteiger partial charge in [0.1, 0.15) is 5.75 Å². The maximum absolute atomic E-state index is 5.89. The summed E-state index contributed by atoms with van der Waals surface area (Å²) in [6.07, 6.45) is 0. The fraction of sp³-hybridized carbons (Fsp3) is 0.250. The van der Waals surface area contributed by atoms with E-state index in [0.29, 0.717) is 5.02 Å². The van der Waals surface area contributed by atoms with E-state index in [1.165, 1.54) is 0 Å². The molecule has 0 N–H and O–H groups in total. The molecule has 0 atom stereocenters. The largest absolute Gasteiger partial charge is 0.496 e. The Morgan fingerprint density at radius 1 is 1.42 bits per heavy atom. The van der Waals surface area contributed by atoms with Crippen LogP contribution in [0.4, 0.5) is 0 Å². The summed E-state index contributed by atoms with van der Waals surface area (Å²) in [5, 5.41) is 0.707. The molecule has 12 heavy (non-hydrogen) atoms. The molecular weight excluding hydrogens is 215 g/mol. The van der Waals surface area contributed by atoms with Crippen molar-refractivity contribution in [1.82, 2.24) is 0 Å². The number of halogens is 2. The smallest absolute Gasteiger partial charge is 0.134 e. The van der Waals surface area contributed by atoms with E-state index < -0.39 is 0 Å². The van der Waals surface area contributed by atoms with Gasteiger partial charge in [-0.05, 0) is 46.3 Å². The molecule has 4 heteroatoms. The number of rotatable bonds is 2. The number of hydrogen-bond donors (Lipinski definition) is 0. The molecule has 0 aliphatic carbocycles. The number of ether oxygens (including phenoxy) is 1. The Morgan fingerprint density at radius 2 is 2.08 bits per heavy atom. The first-order valence-corrected chi connectivity index (χ1v) is 5.34. The van der Waals surface area contributed by atoms with Crippen LogP contribution in [0.25, 0.3) is 0 Å². The Labute approximate surface area is 85.5 Å². The predicted octanol–water partition coefficient (Wildman–Crippen LogP) is 3.90. The highest BCUT2D eigenvalue weighted by Crippen LogP contribution is 2.35. The molecule has 0 fully saturated rings. The summed E-state index contributed by atoms with van der Waals surface area (Å²) in [6.45, 7) is 1.92. The van der Waals surface area contributed by atoms with Crippen molar-refractivity contribution in [2.75, 3.05) is 7.11 Å². The Kier molecular flexibility index (Phi) is 3.56. The van der Waals surface area contributed by atoms with Gasteiger partial charge in [-0.1, -0.05) is 11.6 Å². The van der Waals surface area contributed by atoms with Crippen LogP contribution < -0.4 is 4.74 Å². The molecule has 1 nitrogen and oxygen atoms in total. The molecular formula is C8H8Cl2OS. The molecule has 1 rings (SSSR count). The van der Waals surface area contributed by atoms with E-state index in [1.807, 2.05) is 13.0 Å². The van der Waals surface area contributed by atoms with Gasteiger partial charge in [0.15, 0.2) is 0 Å². The van der Waals surface area contributed by atoms with Crippen LogP contribution in [0.5, 0.6) is 5.75 Å². The van der Waals surface area contributed by atoms with Gasteiger partial charge in [0, 0.05) is 5.02 Å². The molecule has 1 aromatic carbocycles. The van der Waals surface area contributed by atoms with Crippen LogP contribution in [0.2, 0.25) is 5.02 Å². The number of hydrogen-bond acceptors (Lipinski definition) is 2. The molecule has 0 heterocycles. The third-order valence-corrected chi connectivity index (χ3v) is 2.92. The molecule has 0 saturated heterocycles. The maximum atomic E-state index is 5.89. The molecule has 0 amide bonds. The molecule has 0 aliphatic rings. The summed E-state index contributed by atoms with van der Waals surface area (Å²) in [4.78, 5) is 0.842. The quantitative estimate of drug-likeness (QED) is 0.751. The first-order chi connectivity index (χ1) is 5.69. The molecule has 0 radical (unpaired) electrons. The molecule has 0 bridgehead atoms. The maximum Gasteiger partial charge on any atom is 0.134 e. The Bertz CT molecular complexity index is 260. The summed E-state index contributed by atoms with van der Waals surface area (Å²) in [6, 6.07) is 3.67. The number of benzene rings is 1. The van der Waals surface area contributed by atoms with E-state index in [9.17, 15) is 0 Å². The molecule has 66 valence electrons. The topological polar surface area (TPSA) is 9.23 Å². The lowest BCUT2D eigenvalue weighted by atomic mass is 10.2. The lowest BCUT2D eigenvalue weighted by Gasteiger charge is -2.07. The first kappa shape index (κ1) is 10.0. The SMILES string of the molecule is COc1cc(C)c(Cl)cc1SCl. The zero-order valence-corrected chi connectivity index (χ0v) is 9.06. The van der Waals surface area contributed by atoms with Gasteiger partial charge in [0.25, 0.3) is 0 Å². The van der Waals surface area contributed by atoms with Crippen molar-refractivity contribution in [1.29, 1.82) is 0 Å². The zero-order chi connectivity index (χ0) is 9.14. The second-order valence-electron chi connectivity index (χ2n) is 2.33. The highest BCUT2D eigenvalue weighted by molar-refractivity contribution is 8.21. The van der Waals surface area contributed by atoms with Gasteiger partial charge in [-0.15, -0.1) is 0 Å². The standard InChI is InChI=1S/C8H8Cl2OS/c1-5-3-7(11-2)8(12-10)4-6(5)9/h3-4H,1-2H3. The van der Waals surface area contributed by atoms with Gasteiger partial charge in [0.05, 0.1) is 12.0 Å². The molecule has 0 unspecified atom stereocenters. The lowest BCUT2D eigenvalue weighted by Crippen LogP contribution is -1.86. The molecule has 1 aromatic rings. The van der Waals surface area contributed by atoms with Crippen molar-refractivity contribution in [2.24, 2.45) is 0 Å². The monoisotopic (exact) mass is 222 g/mol. The van der Waals surface area contributed by atoms with E-state index in [0.717, 1.165) is 27.2 Å². The van der Waals surface area contributed by atoms with Gasteiger partial charge >= 0.3 is 0 Å². The second-order valence-corrected chi connectivity index (χ2v) is 3.79. The van der Waals surface area contributed by atoms with Crippen LogP contribution in [-0.2, 0) is 0 Å². The lowest BCUT2D eigenvalue weighted by molar-refractivity contribution is 0.404. The highest BCUT2D eigenvalue weighted by Gasteiger charge is 2.05. The fourth-order valence-corrected chi connectivity index (χ4v) is 1.83. The van der Waals surface area contributed by atoms with E-state index >= 15 is 0 Å². The highest BCUT2D eigenvalue weighted by atomic mass is 35.7. The van der Waals surface area contributed by atoms with Crippen molar-refractivity contribution in [2.45, 2.75) is 11.8 Å². The predicted molar refractivity (Wildman–Crippen MR) is 54.5 cm³/mol. The average Bonchev–Trinajstić information content (AvgIpc) is 2.09. The summed E-state index contributed by atoms with van der Waals surface area (Å²) in [5.74, 6) is 0.761. The first-order valence-electron chi connectivity index (χ1n) is 3.31. The Balaban J connectivity index is 3.19. The van der Waals surface area contributed by atoms with Crippen LogP contribution in [0.1, 0.15) is 5.56 Å². The third-order valence-electron chi connectivity index (χ3n) is 1.53. The van der Waals surface area contributed by atoms with E-state index in [4.69, 9.17) is 27.0 Å². The third kappa shape index (κ3) is 2.00. The summed E-state index contributed by atoms with van der Waals surface area (Å²) < 4.78 is 5.11. The Morgan fingerprint density at radius 3 is 2.58 bits per heavy atom. The van der Waals surface area contributed by atoms with Crippen LogP contribution in [0.15, 0.2) is 17.0 Å². The number of aryl methyl sites for hydroxylation is 1. The molecule has 0 aliphatic heterocycles. The van der Waals surface area contributed by atoms with Gasteiger partial charge in [-0.25, -0.2) is 0 Å². The zero-order valence-electron chi connectivity index (χ0n) is 6.73. The number of methoxy groups -OCH3 is 1. The van der Waals surface area contributed by atoms with E-state index in [1.54, 1.807) is 13.2 Å². The van der Waals surface area contributed by atoms with Gasteiger partial charge in [0.2, 0.25) is 0 Å². The molecule has 0 saturated carbocycles. The minimum Gasteiger partial charge on any atom is -0.496 e. The van der Waals surface area contributed by atoms with Crippen LogP contribution in [-0.4, -0.2) is 7.11 Å². The van der Waals surface area contributed by atoms with Crippen LogP contribution >= 0.6 is 33.3 Å². The Hall–Kier alpha value is -0.0500. The molecule has 0 aromatic heterocycles. The summed E-state index contributed by atoms with van der Waals surface area (Å²) in [5.41, 5.74) is 0.989. The van der Waals surface area contributed by atoms with Gasteiger partial charge in [-0.3, -0.25) is 0 Å². The van der Waals surface area contributed by atoms with E-state index in [2.05, 4.69) is 0 Å². The van der Waals surface area contributed by atoms with Crippen molar-refractivity contribution in [3.63, 3.8) is 0 Å². The van der Waals surface area contributed by atoms with Crippen molar-refractivity contribution >= 4 is 33.3 Å². The van der Waals surface area contributed by atoms with Crippen LogP contribution in [0, 0.1) is 6.92 Å². The summed E-state index contributed by atoms with van der Waals surface area (Å²) >= 11 is 5.89. The van der Waals surface area contributed by atoms with Gasteiger partial charge < -0.3 is 4.74 Å². The average molecular weight is 223 g/mol. The van der Waals surface area contributed by atoms with Crippen molar-refractivity contribution in [3.05, 3.63) is 22.7 Å². The molecule has 0 spiro atoms. The minimum atomic E-state index is 0.707. The summed E-state index contributed by atoms with van der Waals surface area (Å²) in [7, 11) is 8.33. The van der Waals surface area contributed by atoms with Crippen molar-refractivity contribution < 1.29 is 4.74 Å². The minimum absolute atomic E-state index is 0.707. The van der Waals surface area contributed by atoms with Crippen LogP contribution in [0.3, 0.4) is 0 Å².